The zero-order chi connectivity index (χ0) is 12.8. The van der Waals surface area contributed by atoms with E-state index in [0.29, 0.717) is 0 Å². The van der Waals surface area contributed by atoms with Crippen molar-refractivity contribution in [3.05, 3.63) is 29.3 Å². The van der Waals surface area contributed by atoms with Gasteiger partial charge in [-0.2, -0.15) is 0 Å². The van der Waals surface area contributed by atoms with E-state index < -0.39 is 0 Å². The number of benzene rings is 1. The van der Waals surface area contributed by atoms with Gasteiger partial charge in [-0.1, -0.05) is 19.1 Å². The van der Waals surface area contributed by atoms with Gasteiger partial charge in [-0.15, -0.1) is 11.8 Å². The Morgan fingerprint density at radius 2 is 2.11 bits per heavy atom. The summed E-state index contributed by atoms with van der Waals surface area (Å²) in [5.41, 5.74) is 2.78. The fourth-order valence-corrected chi connectivity index (χ4v) is 3.38. The van der Waals surface area contributed by atoms with Crippen molar-refractivity contribution < 1.29 is 4.74 Å². The molecule has 2 nitrogen and oxygen atoms in total. The van der Waals surface area contributed by atoms with Gasteiger partial charge < -0.3 is 10.1 Å². The van der Waals surface area contributed by atoms with E-state index in [1.807, 2.05) is 11.8 Å². The highest BCUT2D eigenvalue weighted by atomic mass is 32.2. The summed E-state index contributed by atoms with van der Waals surface area (Å²) in [5, 5.41) is 4.10. The second-order valence-electron chi connectivity index (χ2n) is 4.81. The van der Waals surface area contributed by atoms with Gasteiger partial charge in [0.05, 0.1) is 0 Å². The van der Waals surface area contributed by atoms with Gasteiger partial charge in [0, 0.05) is 29.9 Å². The van der Waals surface area contributed by atoms with E-state index in [2.05, 4.69) is 37.4 Å². The molecule has 0 amide bonds. The first kappa shape index (κ1) is 13.9. The average Bonchev–Trinajstić information content (AvgIpc) is 2.40. The fourth-order valence-electron chi connectivity index (χ4n) is 2.20. The van der Waals surface area contributed by atoms with E-state index >= 15 is 0 Å². The third-order valence-electron chi connectivity index (χ3n) is 3.28. The van der Waals surface area contributed by atoms with E-state index in [0.717, 1.165) is 31.6 Å². The first-order valence-corrected chi connectivity index (χ1v) is 7.72. The van der Waals surface area contributed by atoms with Crippen LogP contribution in [0.15, 0.2) is 23.1 Å². The highest BCUT2D eigenvalue weighted by Gasteiger charge is 2.15. The molecule has 100 valence electrons. The Hall–Kier alpha value is -0.510. The van der Waals surface area contributed by atoms with Gasteiger partial charge in [0.2, 0.25) is 0 Å². The quantitative estimate of drug-likeness (QED) is 0.882. The van der Waals surface area contributed by atoms with Gasteiger partial charge in [-0.05, 0) is 43.5 Å². The molecule has 0 unspecified atom stereocenters. The molecule has 0 aromatic heterocycles. The topological polar surface area (TPSA) is 21.3 Å². The lowest BCUT2D eigenvalue weighted by Gasteiger charge is -2.22. The van der Waals surface area contributed by atoms with Crippen LogP contribution in [0.3, 0.4) is 0 Å². The van der Waals surface area contributed by atoms with Crippen molar-refractivity contribution in [2.75, 3.05) is 19.8 Å². The molecule has 0 spiro atoms. The van der Waals surface area contributed by atoms with Crippen molar-refractivity contribution in [3.63, 3.8) is 0 Å². The van der Waals surface area contributed by atoms with Gasteiger partial charge in [0.25, 0.3) is 0 Å². The molecule has 0 atom stereocenters. The van der Waals surface area contributed by atoms with Gasteiger partial charge >= 0.3 is 0 Å². The monoisotopic (exact) mass is 265 g/mol. The minimum absolute atomic E-state index is 0.733. The molecule has 1 heterocycles. The molecule has 18 heavy (non-hydrogen) atoms. The van der Waals surface area contributed by atoms with Crippen molar-refractivity contribution in [3.8, 4) is 0 Å². The summed E-state index contributed by atoms with van der Waals surface area (Å²) in [6.45, 7) is 8.21. The largest absolute Gasteiger partial charge is 0.381 e. The zero-order valence-electron chi connectivity index (χ0n) is 11.4. The van der Waals surface area contributed by atoms with E-state index in [4.69, 9.17) is 4.74 Å². The van der Waals surface area contributed by atoms with E-state index in [9.17, 15) is 0 Å². The standard InChI is InChI=1S/C15H23NOS/c1-3-16-11-13-4-5-15(12(2)10-13)18-14-6-8-17-9-7-14/h4-5,10,14,16H,3,6-9,11H2,1-2H3. The smallest absolute Gasteiger partial charge is 0.0476 e. The average molecular weight is 265 g/mol. The molecule has 0 bridgehead atoms. The van der Waals surface area contributed by atoms with Gasteiger partial charge in [-0.3, -0.25) is 0 Å². The molecular weight excluding hydrogens is 242 g/mol. The highest BCUT2D eigenvalue weighted by Crippen LogP contribution is 2.32. The lowest BCUT2D eigenvalue weighted by molar-refractivity contribution is 0.100. The van der Waals surface area contributed by atoms with Crippen LogP contribution < -0.4 is 5.32 Å². The second-order valence-corrected chi connectivity index (χ2v) is 6.15. The van der Waals surface area contributed by atoms with Crippen LogP contribution >= 0.6 is 11.8 Å². The number of hydrogen-bond donors (Lipinski definition) is 1. The first-order valence-electron chi connectivity index (χ1n) is 6.84. The molecule has 1 saturated heterocycles. The molecule has 1 aromatic rings. The Balaban J connectivity index is 1.95. The van der Waals surface area contributed by atoms with Crippen molar-refractivity contribution in [1.82, 2.24) is 5.32 Å². The normalized spacial score (nSPS) is 17.0. The van der Waals surface area contributed by atoms with Crippen LogP contribution in [-0.2, 0) is 11.3 Å². The molecule has 1 aliphatic heterocycles. The summed E-state index contributed by atoms with van der Waals surface area (Å²) < 4.78 is 5.41. The highest BCUT2D eigenvalue weighted by molar-refractivity contribution is 8.00. The Labute approximate surface area is 114 Å². The number of aryl methyl sites for hydroxylation is 1. The Morgan fingerprint density at radius 1 is 1.33 bits per heavy atom. The number of thioether (sulfide) groups is 1. The molecule has 0 saturated carbocycles. The van der Waals surface area contributed by atoms with Gasteiger partial charge in [0.15, 0.2) is 0 Å². The molecule has 3 heteroatoms. The number of nitrogens with one attached hydrogen (secondary N) is 1. The number of rotatable bonds is 5. The van der Waals surface area contributed by atoms with E-state index in [-0.39, 0.29) is 0 Å². The SMILES string of the molecule is CCNCc1ccc(SC2CCOCC2)c(C)c1. The summed E-state index contributed by atoms with van der Waals surface area (Å²) in [7, 11) is 0. The van der Waals surface area contributed by atoms with Gasteiger partial charge in [0.1, 0.15) is 0 Å². The van der Waals surface area contributed by atoms with Crippen molar-refractivity contribution in [2.24, 2.45) is 0 Å². The van der Waals surface area contributed by atoms with Crippen molar-refractivity contribution in [2.45, 2.75) is 43.4 Å². The zero-order valence-corrected chi connectivity index (χ0v) is 12.2. The van der Waals surface area contributed by atoms with Crippen LogP contribution in [0.1, 0.15) is 30.9 Å². The molecular formula is C15H23NOS. The number of hydrogen-bond acceptors (Lipinski definition) is 3. The molecule has 1 fully saturated rings. The molecule has 0 radical (unpaired) electrons. The molecule has 2 rings (SSSR count). The van der Waals surface area contributed by atoms with Crippen LogP contribution in [0.2, 0.25) is 0 Å². The maximum Gasteiger partial charge on any atom is 0.0476 e. The summed E-state index contributed by atoms with van der Waals surface area (Å²) in [5.74, 6) is 0. The lowest BCUT2D eigenvalue weighted by Crippen LogP contribution is -2.17. The van der Waals surface area contributed by atoms with Crippen LogP contribution in [0, 0.1) is 6.92 Å². The third-order valence-corrected chi connectivity index (χ3v) is 4.80. The van der Waals surface area contributed by atoms with Crippen molar-refractivity contribution in [1.29, 1.82) is 0 Å². The summed E-state index contributed by atoms with van der Waals surface area (Å²) in [4.78, 5) is 1.43. The van der Waals surface area contributed by atoms with E-state index in [1.54, 1.807) is 0 Å². The van der Waals surface area contributed by atoms with Crippen LogP contribution in [-0.4, -0.2) is 25.0 Å². The van der Waals surface area contributed by atoms with Crippen molar-refractivity contribution >= 4 is 11.8 Å². The predicted octanol–water partition coefficient (Wildman–Crippen LogP) is 3.38. The van der Waals surface area contributed by atoms with E-state index in [1.165, 1.54) is 28.9 Å². The van der Waals surface area contributed by atoms with Crippen LogP contribution in [0.5, 0.6) is 0 Å². The Bertz CT molecular complexity index is 375. The maximum atomic E-state index is 5.41. The van der Waals surface area contributed by atoms with Crippen LogP contribution in [0.4, 0.5) is 0 Å². The maximum absolute atomic E-state index is 5.41. The minimum Gasteiger partial charge on any atom is -0.381 e. The lowest BCUT2D eigenvalue weighted by atomic mass is 10.1. The summed E-state index contributed by atoms with van der Waals surface area (Å²) >= 11 is 2.02. The third kappa shape index (κ3) is 4.01. The van der Waals surface area contributed by atoms with Crippen LogP contribution in [0.25, 0.3) is 0 Å². The van der Waals surface area contributed by atoms with Gasteiger partial charge in [-0.25, -0.2) is 0 Å². The molecule has 1 N–H and O–H groups in total. The Morgan fingerprint density at radius 3 is 2.78 bits per heavy atom. The number of ether oxygens (including phenoxy) is 1. The molecule has 1 aromatic carbocycles. The predicted molar refractivity (Wildman–Crippen MR) is 78.3 cm³/mol. The molecule has 1 aliphatic rings. The summed E-state index contributed by atoms with van der Waals surface area (Å²) in [6.07, 6.45) is 2.37. The molecule has 0 aliphatic carbocycles. The summed E-state index contributed by atoms with van der Waals surface area (Å²) in [6, 6.07) is 6.84. The Kier molecular flexibility index (Phi) is 5.54. The minimum atomic E-state index is 0.733. The fraction of sp³-hybridized carbons (Fsp3) is 0.600. The second kappa shape index (κ2) is 7.17. The first-order chi connectivity index (χ1) is 8.79.